The summed E-state index contributed by atoms with van der Waals surface area (Å²) in [5.41, 5.74) is 2.65. The number of amides is 2. The van der Waals surface area contributed by atoms with E-state index in [2.05, 4.69) is 10.4 Å². The van der Waals surface area contributed by atoms with E-state index >= 15 is 0 Å². The van der Waals surface area contributed by atoms with E-state index in [1.165, 1.54) is 0 Å². The van der Waals surface area contributed by atoms with Crippen LogP contribution in [0.25, 0.3) is 0 Å². The van der Waals surface area contributed by atoms with Crippen molar-refractivity contribution in [2.75, 3.05) is 14.1 Å². The molecule has 6 heteroatoms. The fourth-order valence-electron chi connectivity index (χ4n) is 2.93. The van der Waals surface area contributed by atoms with E-state index < -0.39 is 0 Å². The molecule has 1 aromatic carbocycles. The number of fused-ring (bicyclic) bond motifs is 1. The van der Waals surface area contributed by atoms with Gasteiger partial charge in [-0.3, -0.25) is 14.3 Å². The number of carbonyl (C=O) groups is 2. The molecule has 0 radical (unpaired) electrons. The molecule has 1 N–H and O–H groups in total. The summed E-state index contributed by atoms with van der Waals surface area (Å²) in [6.45, 7) is 0.222. The zero-order chi connectivity index (χ0) is 17.1. The van der Waals surface area contributed by atoms with Crippen molar-refractivity contribution in [3.63, 3.8) is 0 Å². The van der Waals surface area contributed by atoms with Crippen molar-refractivity contribution in [3.8, 4) is 0 Å². The second kappa shape index (κ2) is 6.86. The van der Waals surface area contributed by atoms with Gasteiger partial charge >= 0.3 is 0 Å². The highest BCUT2D eigenvalue weighted by molar-refractivity contribution is 5.94. The average Bonchev–Trinajstić information content (AvgIpc) is 2.99. The number of benzene rings is 1. The maximum absolute atomic E-state index is 12.4. The van der Waals surface area contributed by atoms with Crippen LogP contribution in [0.5, 0.6) is 0 Å². The molecule has 1 heterocycles. The lowest BCUT2D eigenvalue weighted by Gasteiger charge is -2.22. The van der Waals surface area contributed by atoms with Crippen LogP contribution in [0.4, 0.5) is 0 Å². The molecule has 1 atom stereocenters. The average molecular weight is 326 g/mol. The predicted molar refractivity (Wildman–Crippen MR) is 90.5 cm³/mol. The first kappa shape index (κ1) is 16.2. The van der Waals surface area contributed by atoms with Crippen LogP contribution in [0.1, 0.15) is 40.5 Å². The number of likely N-dealkylation sites (N-methyl/N-ethyl adjacent to an activating group) is 1. The first-order valence-electron chi connectivity index (χ1n) is 8.17. The molecule has 1 aliphatic carbocycles. The Morgan fingerprint density at radius 2 is 2.04 bits per heavy atom. The fourth-order valence-corrected chi connectivity index (χ4v) is 2.93. The second-order valence-electron chi connectivity index (χ2n) is 6.31. The largest absolute Gasteiger partial charge is 0.347 e. The molecule has 0 bridgehead atoms. The molecule has 0 aliphatic heterocycles. The summed E-state index contributed by atoms with van der Waals surface area (Å²) in [6.07, 6.45) is 4.73. The van der Waals surface area contributed by atoms with E-state index in [9.17, 15) is 9.59 Å². The van der Waals surface area contributed by atoms with Crippen LogP contribution >= 0.6 is 0 Å². The Balaban J connectivity index is 1.75. The molecule has 6 nitrogen and oxygen atoms in total. The monoisotopic (exact) mass is 326 g/mol. The Hall–Kier alpha value is -2.63. The molecule has 0 saturated carbocycles. The summed E-state index contributed by atoms with van der Waals surface area (Å²) < 4.78 is 1.68. The van der Waals surface area contributed by atoms with Gasteiger partial charge in [0.25, 0.3) is 5.91 Å². The number of rotatable bonds is 4. The lowest BCUT2D eigenvalue weighted by atomic mass is 9.93. The molecule has 3 rings (SSSR count). The van der Waals surface area contributed by atoms with Gasteiger partial charge in [-0.1, -0.05) is 18.2 Å². The minimum atomic E-state index is -0.0998. The third-order valence-electron chi connectivity index (χ3n) is 4.28. The van der Waals surface area contributed by atoms with Crippen LogP contribution in [-0.4, -0.2) is 40.6 Å². The standard InChI is InChI=1S/C18H22N4O2/c1-21(2)16(23)12-22-11-14-9-6-10-15(17(14)20-22)19-18(24)13-7-4-3-5-8-13/h3-5,7-8,11,15H,6,9-10,12H2,1-2H3,(H,19,24). The van der Waals surface area contributed by atoms with Gasteiger partial charge < -0.3 is 10.2 Å². The third-order valence-corrected chi connectivity index (χ3v) is 4.28. The summed E-state index contributed by atoms with van der Waals surface area (Å²) >= 11 is 0. The van der Waals surface area contributed by atoms with Gasteiger partial charge in [-0.15, -0.1) is 0 Å². The minimum Gasteiger partial charge on any atom is -0.347 e. The summed E-state index contributed by atoms with van der Waals surface area (Å²) in [5.74, 6) is -0.0907. The molecule has 24 heavy (non-hydrogen) atoms. The van der Waals surface area contributed by atoms with Gasteiger partial charge in [0.05, 0.1) is 11.7 Å². The molecule has 126 valence electrons. The number of carbonyl (C=O) groups excluding carboxylic acids is 2. The van der Waals surface area contributed by atoms with Crippen molar-refractivity contribution in [2.45, 2.75) is 31.8 Å². The van der Waals surface area contributed by atoms with Crippen molar-refractivity contribution in [2.24, 2.45) is 0 Å². The van der Waals surface area contributed by atoms with Crippen LogP contribution in [0.2, 0.25) is 0 Å². The molecule has 2 amide bonds. The van der Waals surface area contributed by atoms with Crippen LogP contribution in [0.15, 0.2) is 36.5 Å². The van der Waals surface area contributed by atoms with E-state index in [-0.39, 0.29) is 24.4 Å². The Labute approximate surface area is 141 Å². The lowest BCUT2D eigenvalue weighted by molar-refractivity contribution is -0.129. The van der Waals surface area contributed by atoms with Gasteiger partial charge in [-0.05, 0) is 37.0 Å². The van der Waals surface area contributed by atoms with Crippen molar-refractivity contribution < 1.29 is 9.59 Å². The van der Waals surface area contributed by atoms with Gasteiger partial charge in [0.2, 0.25) is 5.91 Å². The SMILES string of the molecule is CN(C)C(=O)Cn1cc2c(n1)C(NC(=O)c1ccccc1)CCC2. The summed E-state index contributed by atoms with van der Waals surface area (Å²) in [4.78, 5) is 25.8. The first-order chi connectivity index (χ1) is 11.5. The van der Waals surface area contributed by atoms with Crippen molar-refractivity contribution in [3.05, 3.63) is 53.3 Å². The minimum absolute atomic E-state index is 0.000261. The van der Waals surface area contributed by atoms with E-state index in [1.54, 1.807) is 35.8 Å². The number of aryl methyl sites for hydroxylation is 1. The van der Waals surface area contributed by atoms with Gasteiger partial charge in [0.1, 0.15) is 6.54 Å². The van der Waals surface area contributed by atoms with E-state index in [4.69, 9.17) is 0 Å². The maximum Gasteiger partial charge on any atom is 0.251 e. The Morgan fingerprint density at radius 3 is 2.75 bits per heavy atom. The molecule has 0 spiro atoms. The summed E-state index contributed by atoms with van der Waals surface area (Å²) in [7, 11) is 3.46. The van der Waals surface area contributed by atoms with Crippen LogP contribution in [-0.2, 0) is 17.8 Å². The van der Waals surface area contributed by atoms with Crippen LogP contribution < -0.4 is 5.32 Å². The second-order valence-corrected chi connectivity index (χ2v) is 6.31. The van der Waals surface area contributed by atoms with Crippen LogP contribution in [0.3, 0.4) is 0 Å². The number of hydrogen-bond donors (Lipinski definition) is 1. The van der Waals surface area contributed by atoms with E-state index in [0.29, 0.717) is 5.56 Å². The Morgan fingerprint density at radius 1 is 1.29 bits per heavy atom. The molecule has 0 saturated heterocycles. The van der Waals surface area contributed by atoms with E-state index in [0.717, 1.165) is 30.5 Å². The molecule has 2 aromatic rings. The highest BCUT2D eigenvalue weighted by Gasteiger charge is 2.26. The number of hydrogen-bond acceptors (Lipinski definition) is 3. The highest BCUT2D eigenvalue weighted by atomic mass is 16.2. The third kappa shape index (κ3) is 3.48. The smallest absolute Gasteiger partial charge is 0.251 e. The first-order valence-corrected chi connectivity index (χ1v) is 8.17. The number of aromatic nitrogens is 2. The topological polar surface area (TPSA) is 67.2 Å². The Bertz CT molecular complexity index is 737. The molecule has 0 fully saturated rings. The van der Waals surface area contributed by atoms with Gasteiger partial charge in [0.15, 0.2) is 0 Å². The van der Waals surface area contributed by atoms with Crippen molar-refractivity contribution >= 4 is 11.8 Å². The predicted octanol–water partition coefficient (Wildman–Crippen LogP) is 1.78. The zero-order valence-corrected chi connectivity index (χ0v) is 14.0. The van der Waals surface area contributed by atoms with Gasteiger partial charge in [-0.25, -0.2) is 0 Å². The molecular weight excluding hydrogens is 304 g/mol. The lowest BCUT2D eigenvalue weighted by Crippen LogP contribution is -2.31. The summed E-state index contributed by atoms with van der Waals surface area (Å²) in [6, 6.07) is 9.09. The molecular formula is C18H22N4O2. The van der Waals surface area contributed by atoms with Gasteiger partial charge in [0, 0.05) is 25.9 Å². The maximum atomic E-state index is 12.4. The fraction of sp³-hybridized carbons (Fsp3) is 0.389. The van der Waals surface area contributed by atoms with Crippen molar-refractivity contribution in [1.29, 1.82) is 0 Å². The normalized spacial score (nSPS) is 16.3. The Kier molecular flexibility index (Phi) is 4.64. The molecule has 1 aromatic heterocycles. The number of nitrogens with one attached hydrogen (secondary N) is 1. The zero-order valence-electron chi connectivity index (χ0n) is 14.0. The molecule has 1 aliphatic rings. The summed E-state index contributed by atoms with van der Waals surface area (Å²) in [5, 5.41) is 7.63. The quantitative estimate of drug-likeness (QED) is 0.931. The van der Waals surface area contributed by atoms with Gasteiger partial charge in [-0.2, -0.15) is 5.10 Å². The van der Waals surface area contributed by atoms with E-state index in [1.807, 2.05) is 24.4 Å². The van der Waals surface area contributed by atoms with Crippen LogP contribution in [0, 0.1) is 0 Å². The number of nitrogens with zero attached hydrogens (tertiary/aromatic N) is 3. The van der Waals surface area contributed by atoms with Crippen molar-refractivity contribution in [1.82, 2.24) is 20.0 Å². The molecule has 1 unspecified atom stereocenters. The highest BCUT2D eigenvalue weighted by Crippen LogP contribution is 2.28.